The maximum absolute atomic E-state index is 15.1. The van der Waals surface area contributed by atoms with Gasteiger partial charge in [0.25, 0.3) is 0 Å². The molecule has 9 nitrogen and oxygen atoms in total. The lowest BCUT2D eigenvalue weighted by Gasteiger charge is -2.34. The smallest absolute Gasteiger partial charge is 0.229 e. The standard InChI is InChI=1S/C29H32F2N8O/c1-18(40)39-11-9-38(10-12-39)17-19-7-8-25(32-15-19)34-29-33-16-24(31)27(35-29)21-13-22-26(20-5-3-2-4-6-20)36-37-28(22)23(30)14-21/h7-8,13-16,20H,2-6,9-12,17H2,1H3,(H,36,37)(H,32,33,34,35). The number of fused-ring (bicyclic) bond motifs is 1. The molecule has 2 fully saturated rings. The Morgan fingerprint density at radius 3 is 2.55 bits per heavy atom. The number of carbonyl (C=O) groups excluding carboxylic acids is 1. The van der Waals surface area contributed by atoms with E-state index in [1.165, 1.54) is 12.5 Å². The summed E-state index contributed by atoms with van der Waals surface area (Å²) in [6.45, 7) is 5.43. The predicted octanol–water partition coefficient (Wildman–Crippen LogP) is 5.15. The molecule has 1 aromatic carbocycles. The summed E-state index contributed by atoms with van der Waals surface area (Å²) in [6.07, 6.45) is 8.40. The largest absolute Gasteiger partial charge is 0.340 e. The number of H-pyrrole nitrogens is 1. The van der Waals surface area contributed by atoms with Crippen molar-refractivity contribution in [2.75, 3.05) is 31.5 Å². The molecule has 208 valence electrons. The molecule has 0 unspecified atom stereocenters. The number of benzene rings is 1. The van der Waals surface area contributed by atoms with Crippen molar-refractivity contribution in [2.24, 2.45) is 0 Å². The summed E-state index contributed by atoms with van der Waals surface area (Å²) in [4.78, 5) is 28.6. The Morgan fingerprint density at radius 1 is 1.02 bits per heavy atom. The molecule has 6 rings (SSSR count). The average Bonchev–Trinajstić information content (AvgIpc) is 3.41. The highest BCUT2D eigenvalue weighted by Gasteiger charge is 2.23. The summed E-state index contributed by atoms with van der Waals surface area (Å²) in [5, 5.41) is 11.0. The van der Waals surface area contributed by atoms with E-state index in [9.17, 15) is 9.18 Å². The summed E-state index contributed by atoms with van der Waals surface area (Å²) < 4.78 is 30.0. The zero-order valence-electron chi connectivity index (χ0n) is 22.5. The molecule has 4 aromatic rings. The Hall–Kier alpha value is -3.99. The molecular formula is C29H32F2N8O. The normalized spacial score (nSPS) is 16.9. The summed E-state index contributed by atoms with van der Waals surface area (Å²) in [6, 6.07) is 6.82. The number of hydrogen-bond donors (Lipinski definition) is 2. The van der Waals surface area contributed by atoms with Gasteiger partial charge in [0.15, 0.2) is 11.6 Å². The minimum Gasteiger partial charge on any atom is -0.340 e. The maximum atomic E-state index is 15.1. The van der Waals surface area contributed by atoms with E-state index < -0.39 is 11.6 Å². The van der Waals surface area contributed by atoms with Crippen molar-refractivity contribution in [3.63, 3.8) is 0 Å². The molecule has 1 amide bonds. The second-order valence-electron chi connectivity index (χ2n) is 10.7. The first-order valence-electron chi connectivity index (χ1n) is 13.8. The third-order valence-corrected chi connectivity index (χ3v) is 7.96. The topological polar surface area (TPSA) is 103 Å². The van der Waals surface area contributed by atoms with Crippen LogP contribution in [0.25, 0.3) is 22.2 Å². The molecule has 1 saturated carbocycles. The van der Waals surface area contributed by atoms with Crippen LogP contribution in [0.15, 0.2) is 36.7 Å². The first-order valence-corrected chi connectivity index (χ1v) is 13.8. The number of pyridine rings is 1. The van der Waals surface area contributed by atoms with Crippen molar-refractivity contribution < 1.29 is 13.6 Å². The van der Waals surface area contributed by atoms with Crippen molar-refractivity contribution in [3.05, 3.63) is 59.6 Å². The van der Waals surface area contributed by atoms with E-state index in [0.717, 1.165) is 75.9 Å². The van der Waals surface area contributed by atoms with Crippen LogP contribution in [0.1, 0.15) is 56.2 Å². The Labute approximate surface area is 231 Å². The van der Waals surface area contributed by atoms with Gasteiger partial charge in [-0.15, -0.1) is 0 Å². The Kier molecular flexibility index (Phi) is 7.38. The van der Waals surface area contributed by atoms with Crippen LogP contribution < -0.4 is 5.32 Å². The van der Waals surface area contributed by atoms with Gasteiger partial charge >= 0.3 is 0 Å². The van der Waals surface area contributed by atoms with Crippen molar-refractivity contribution in [3.8, 4) is 11.3 Å². The van der Waals surface area contributed by atoms with Crippen LogP contribution in [0.2, 0.25) is 0 Å². The van der Waals surface area contributed by atoms with E-state index in [1.807, 2.05) is 17.0 Å². The van der Waals surface area contributed by atoms with Gasteiger partial charge in [0, 0.05) is 68.4 Å². The van der Waals surface area contributed by atoms with E-state index >= 15 is 4.39 Å². The van der Waals surface area contributed by atoms with Crippen LogP contribution in [0.3, 0.4) is 0 Å². The van der Waals surface area contributed by atoms with Crippen molar-refractivity contribution in [1.82, 2.24) is 34.9 Å². The van der Waals surface area contributed by atoms with E-state index in [-0.39, 0.29) is 23.1 Å². The summed E-state index contributed by atoms with van der Waals surface area (Å²) in [7, 11) is 0. The first kappa shape index (κ1) is 26.2. The van der Waals surface area contributed by atoms with E-state index in [2.05, 4.69) is 35.4 Å². The van der Waals surface area contributed by atoms with Gasteiger partial charge in [-0.2, -0.15) is 5.10 Å². The number of rotatable bonds is 6. The minimum atomic E-state index is -0.639. The quantitative estimate of drug-likeness (QED) is 0.345. The van der Waals surface area contributed by atoms with Gasteiger partial charge in [-0.05, 0) is 36.6 Å². The molecule has 0 radical (unpaired) electrons. The highest BCUT2D eigenvalue weighted by Crippen LogP contribution is 2.37. The zero-order valence-corrected chi connectivity index (χ0v) is 22.5. The second-order valence-corrected chi connectivity index (χ2v) is 10.7. The fourth-order valence-corrected chi connectivity index (χ4v) is 5.75. The van der Waals surface area contributed by atoms with Gasteiger partial charge in [0.1, 0.15) is 17.0 Å². The van der Waals surface area contributed by atoms with Gasteiger partial charge in [0.05, 0.1) is 6.20 Å². The zero-order chi connectivity index (χ0) is 27.6. The number of aromatic amines is 1. The number of nitrogens with zero attached hydrogens (tertiary/aromatic N) is 6. The van der Waals surface area contributed by atoms with E-state index in [4.69, 9.17) is 0 Å². The molecule has 2 N–H and O–H groups in total. The van der Waals surface area contributed by atoms with Gasteiger partial charge in [0.2, 0.25) is 11.9 Å². The Bertz CT molecular complexity index is 1510. The Balaban J connectivity index is 1.18. The molecule has 2 aliphatic rings. The monoisotopic (exact) mass is 546 g/mol. The number of aromatic nitrogens is 5. The summed E-state index contributed by atoms with van der Waals surface area (Å²) >= 11 is 0. The number of nitrogens with one attached hydrogen (secondary N) is 2. The third kappa shape index (κ3) is 5.51. The molecule has 4 heterocycles. The summed E-state index contributed by atoms with van der Waals surface area (Å²) in [5.74, 6) is -0.0752. The molecule has 1 aliphatic carbocycles. The lowest BCUT2D eigenvalue weighted by Crippen LogP contribution is -2.47. The first-order chi connectivity index (χ1) is 19.4. The maximum Gasteiger partial charge on any atom is 0.229 e. The molecule has 1 saturated heterocycles. The lowest BCUT2D eigenvalue weighted by molar-refractivity contribution is -0.130. The van der Waals surface area contributed by atoms with Crippen molar-refractivity contribution in [2.45, 2.75) is 51.5 Å². The predicted molar refractivity (Wildman–Crippen MR) is 148 cm³/mol. The molecule has 0 atom stereocenters. The SMILES string of the molecule is CC(=O)N1CCN(Cc2ccc(Nc3ncc(F)c(-c4cc(F)c5n[nH]c(C6CCCCC6)c5c4)n3)nc2)CC1. The van der Waals surface area contributed by atoms with Gasteiger partial charge in [-0.3, -0.25) is 14.8 Å². The third-order valence-electron chi connectivity index (χ3n) is 7.96. The van der Waals surface area contributed by atoms with E-state index in [0.29, 0.717) is 22.7 Å². The van der Waals surface area contributed by atoms with Crippen LogP contribution in [0, 0.1) is 11.6 Å². The molecule has 1 aliphatic heterocycles. The fourth-order valence-electron chi connectivity index (χ4n) is 5.75. The van der Waals surface area contributed by atoms with Crippen molar-refractivity contribution in [1.29, 1.82) is 0 Å². The molecule has 11 heteroatoms. The number of halogens is 2. The molecule has 0 spiro atoms. The van der Waals surface area contributed by atoms with Gasteiger partial charge in [-0.25, -0.2) is 23.7 Å². The van der Waals surface area contributed by atoms with Gasteiger partial charge in [-0.1, -0.05) is 25.3 Å². The van der Waals surface area contributed by atoms with Crippen LogP contribution in [-0.2, 0) is 11.3 Å². The fraction of sp³-hybridized carbons (Fsp3) is 0.414. The lowest BCUT2D eigenvalue weighted by atomic mass is 9.85. The average molecular weight is 547 g/mol. The minimum absolute atomic E-state index is 0.00965. The van der Waals surface area contributed by atoms with Crippen LogP contribution in [0.5, 0.6) is 0 Å². The van der Waals surface area contributed by atoms with Crippen LogP contribution in [-0.4, -0.2) is 67.0 Å². The van der Waals surface area contributed by atoms with Crippen LogP contribution in [0.4, 0.5) is 20.5 Å². The highest BCUT2D eigenvalue weighted by atomic mass is 19.1. The number of carbonyl (C=O) groups is 1. The molecule has 40 heavy (non-hydrogen) atoms. The molecular weight excluding hydrogens is 514 g/mol. The molecule has 0 bridgehead atoms. The number of amides is 1. The number of piperazine rings is 1. The van der Waals surface area contributed by atoms with Crippen LogP contribution >= 0.6 is 0 Å². The number of hydrogen-bond acceptors (Lipinski definition) is 7. The Morgan fingerprint density at radius 2 is 1.82 bits per heavy atom. The van der Waals surface area contributed by atoms with Crippen molar-refractivity contribution >= 4 is 28.6 Å². The van der Waals surface area contributed by atoms with E-state index in [1.54, 1.807) is 19.2 Å². The second kappa shape index (κ2) is 11.2. The summed E-state index contributed by atoms with van der Waals surface area (Å²) in [5.41, 5.74) is 2.56. The highest BCUT2D eigenvalue weighted by molar-refractivity contribution is 5.87. The number of anilines is 2. The molecule has 3 aromatic heterocycles. The van der Waals surface area contributed by atoms with Gasteiger partial charge < -0.3 is 10.2 Å².